The molecule has 6 heteroatoms. The highest BCUT2D eigenvalue weighted by Crippen LogP contribution is 2.32. The lowest BCUT2D eigenvalue weighted by molar-refractivity contribution is 0.0981. The Labute approximate surface area is 120 Å². The van der Waals surface area contributed by atoms with E-state index >= 15 is 0 Å². The number of Topliss-reactive ketones (excluding diaryl/α,β-unsaturated/α-hetero) is 1. The van der Waals surface area contributed by atoms with Crippen molar-refractivity contribution in [3.8, 4) is 0 Å². The van der Waals surface area contributed by atoms with E-state index in [1.165, 1.54) is 11.3 Å². The lowest BCUT2D eigenvalue weighted by Gasteiger charge is -2.01. The molecule has 0 aliphatic carbocycles. The number of imidazole rings is 1. The summed E-state index contributed by atoms with van der Waals surface area (Å²) in [7, 11) is 1.93. The number of rotatable bonds is 4. The average molecular weight is 378 g/mol. The van der Waals surface area contributed by atoms with E-state index in [0.29, 0.717) is 12.8 Å². The molecule has 0 N–H and O–H groups in total. The van der Waals surface area contributed by atoms with E-state index in [-0.39, 0.29) is 5.78 Å². The van der Waals surface area contributed by atoms with Crippen molar-refractivity contribution in [3.05, 3.63) is 37.4 Å². The lowest BCUT2D eigenvalue weighted by Crippen LogP contribution is -2.04. The summed E-state index contributed by atoms with van der Waals surface area (Å²) < 4.78 is 3.78. The van der Waals surface area contributed by atoms with Crippen molar-refractivity contribution in [1.82, 2.24) is 9.55 Å². The molecule has 0 amide bonds. The second-order valence-corrected chi connectivity index (χ2v) is 7.36. The smallest absolute Gasteiger partial charge is 0.165 e. The minimum absolute atomic E-state index is 0.141. The molecule has 0 aliphatic heterocycles. The van der Waals surface area contributed by atoms with E-state index in [1.54, 1.807) is 6.20 Å². The second kappa shape index (κ2) is 5.46. The average Bonchev–Trinajstić information content (AvgIpc) is 2.81. The van der Waals surface area contributed by atoms with Crippen molar-refractivity contribution in [2.24, 2.45) is 7.05 Å². The van der Waals surface area contributed by atoms with Gasteiger partial charge >= 0.3 is 0 Å². The van der Waals surface area contributed by atoms with E-state index in [1.807, 2.05) is 23.9 Å². The summed E-state index contributed by atoms with van der Waals surface area (Å²) in [6, 6.07) is 1.86. The van der Waals surface area contributed by atoms with Crippen LogP contribution in [0, 0.1) is 0 Å². The van der Waals surface area contributed by atoms with Crippen molar-refractivity contribution in [1.29, 1.82) is 0 Å². The summed E-state index contributed by atoms with van der Waals surface area (Å²) in [5.74, 6) is 1.07. The molecule has 2 aromatic heterocycles. The van der Waals surface area contributed by atoms with Crippen LogP contribution < -0.4 is 0 Å². The Kier molecular flexibility index (Phi) is 4.17. The van der Waals surface area contributed by atoms with Gasteiger partial charge in [-0.15, -0.1) is 11.3 Å². The Morgan fingerprint density at radius 3 is 2.82 bits per heavy atom. The van der Waals surface area contributed by atoms with Gasteiger partial charge in [0.05, 0.1) is 7.57 Å². The zero-order valence-electron chi connectivity index (χ0n) is 9.11. The van der Waals surface area contributed by atoms with Gasteiger partial charge < -0.3 is 4.57 Å². The summed E-state index contributed by atoms with van der Waals surface area (Å²) >= 11 is 8.29. The number of aromatic nitrogens is 2. The molecule has 0 atom stereocenters. The SMILES string of the molecule is Cn1ccnc1CCC(=O)c1cc(Br)sc1Br. The monoisotopic (exact) mass is 376 g/mol. The summed E-state index contributed by atoms with van der Waals surface area (Å²) in [6.07, 6.45) is 4.78. The number of carbonyl (C=O) groups is 1. The summed E-state index contributed by atoms with van der Waals surface area (Å²) in [4.78, 5) is 16.2. The van der Waals surface area contributed by atoms with Gasteiger partial charge in [-0.2, -0.15) is 0 Å². The number of thiophene rings is 1. The van der Waals surface area contributed by atoms with Crippen LogP contribution in [-0.4, -0.2) is 15.3 Å². The largest absolute Gasteiger partial charge is 0.338 e. The maximum atomic E-state index is 12.0. The predicted molar refractivity (Wildman–Crippen MR) is 75.6 cm³/mol. The van der Waals surface area contributed by atoms with Gasteiger partial charge in [-0.25, -0.2) is 4.98 Å². The van der Waals surface area contributed by atoms with Gasteiger partial charge in [-0.1, -0.05) is 0 Å². The van der Waals surface area contributed by atoms with Crippen LogP contribution in [0.3, 0.4) is 0 Å². The van der Waals surface area contributed by atoms with Gasteiger partial charge in [0.2, 0.25) is 0 Å². The first kappa shape index (κ1) is 13.0. The molecule has 0 spiro atoms. The van der Waals surface area contributed by atoms with Gasteiger partial charge in [-0.3, -0.25) is 4.79 Å². The fraction of sp³-hybridized carbons (Fsp3) is 0.273. The first-order valence-corrected chi connectivity index (χ1v) is 7.42. The van der Waals surface area contributed by atoms with Crippen molar-refractivity contribution < 1.29 is 4.79 Å². The highest BCUT2D eigenvalue weighted by Gasteiger charge is 2.14. The molecule has 2 rings (SSSR count). The third-order valence-electron chi connectivity index (χ3n) is 2.45. The quantitative estimate of drug-likeness (QED) is 0.759. The predicted octanol–water partition coefficient (Wildman–Crippen LogP) is 3.82. The van der Waals surface area contributed by atoms with Gasteiger partial charge in [0.1, 0.15) is 5.82 Å². The Morgan fingerprint density at radius 1 is 1.53 bits per heavy atom. The van der Waals surface area contributed by atoms with Crippen molar-refractivity contribution in [3.63, 3.8) is 0 Å². The molecule has 0 radical (unpaired) electrons. The van der Waals surface area contributed by atoms with Gasteiger partial charge in [0, 0.05) is 37.8 Å². The molecule has 90 valence electrons. The molecular formula is C11H10Br2N2OS. The van der Waals surface area contributed by atoms with Crippen molar-refractivity contribution >= 4 is 49.0 Å². The van der Waals surface area contributed by atoms with Crippen LogP contribution in [0.25, 0.3) is 0 Å². The Morgan fingerprint density at radius 2 is 2.29 bits per heavy atom. The molecule has 0 aromatic carbocycles. The normalized spacial score (nSPS) is 10.8. The molecule has 2 heterocycles. The van der Waals surface area contributed by atoms with E-state index < -0.39 is 0 Å². The fourth-order valence-corrected chi connectivity index (χ4v) is 4.38. The minimum Gasteiger partial charge on any atom is -0.338 e. The summed E-state index contributed by atoms with van der Waals surface area (Å²) in [5.41, 5.74) is 0.746. The molecule has 3 nitrogen and oxygen atoms in total. The molecule has 0 saturated heterocycles. The molecule has 2 aromatic rings. The number of aryl methyl sites for hydroxylation is 2. The van der Waals surface area contributed by atoms with Crippen LogP contribution in [0.1, 0.15) is 22.6 Å². The first-order chi connectivity index (χ1) is 8.08. The zero-order valence-corrected chi connectivity index (χ0v) is 13.1. The Hall–Kier alpha value is -0.460. The summed E-state index contributed by atoms with van der Waals surface area (Å²) in [6.45, 7) is 0. The third kappa shape index (κ3) is 3.05. The maximum Gasteiger partial charge on any atom is 0.165 e. The maximum absolute atomic E-state index is 12.0. The van der Waals surface area contributed by atoms with Gasteiger partial charge in [-0.05, 0) is 37.9 Å². The van der Waals surface area contributed by atoms with Gasteiger partial charge in [0.15, 0.2) is 5.78 Å². The summed E-state index contributed by atoms with van der Waals surface area (Å²) in [5, 5.41) is 0. The van der Waals surface area contributed by atoms with Crippen molar-refractivity contribution in [2.45, 2.75) is 12.8 Å². The molecule has 0 bridgehead atoms. The molecule has 0 aliphatic rings. The first-order valence-electron chi connectivity index (χ1n) is 5.02. The second-order valence-electron chi connectivity index (χ2n) is 3.62. The van der Waals surface area contributed by atoms with Gasteiger partial charge in [0.25, 0.3) is 0 Å². The van der Waals surface area contributed by atoms with E-state index in [0.717, 1.165) is 19.0 Å². The molecule has 0 saturated carbocycles. The highest BCUT2D eigenvalue weighted by atomic mass is 79.9. The van der Waals surface area contributed by atoms with Crippen LogP contribution in [0.2, 0.25) is 0 Å². The van der Waals surface area contributed by atoms with Crippen LogP contribution in [0.5, 0.6) is 0 Å². The van der Waals surface area contributed by atoms with Crippen LogP contribution in [0.4, 0.5) is 0 Å². The Balaban J connectivity index is 2.03. The van der Waals surface area contributed by atoms with Crippen molar-refractivity contribution in [2.75, 3.05) is 0 Å². The van der Waals surface area contributed by atoms with E-state index in [9.17, 15) is 4.79 Å². The van der Waals surface area contributed by atoms with Crippen LogP contribution in [-0.2, 0) is 13.5 Å². The topological polar surface area (TPSA) is 34.9 Å². The van der Waals surface area contributed by atoms with E-state index in [4.69, 9.17) is 0 Å². The highest BCUT2D eigenvalue weighted by molar-refractivity contribution is 9.12. The Bertz CT molecular complexity index is 547. The zero-order chi connectivity index (χ0) is 12.4. The number of hydrogen-bond acceptors (Lipinski definition) is 3. The van der Waals surface area contributed by atoms with E-state index in [2.05, 4.69) is 36.8 Å². The molecular weight excluding hydrogens is 368 g/mol. The molecule has 0 unspecified atom stereocenters. The standard InChI is InChI=1S/C11H10Br2N2OS/c1-15-5-4-14-10(15)3-2-8(16)7-6-9(12)17-11(7)13/h4-6H,2-3H2,1H3. The number of carbonyl (C=O) groups excluding carboxylic acids is 1. The number of hydrogen-bond donors (Lipinski definition) is 0. The number of nitrogens with zero attached hydrogens (tertiary/aromatic N) is 2. The fourth-order valence-electron chi connectivity index (χ4n) is 1.53. The number of halogens is 2. The lowest BCUT2D eigenvalue weighted by atomic mass is 10.1. The van der Waals surface area contributed by atoms with Crippen LogP contribution >= 0.6 is 43.2 Å². The van der Waals surface area contributed by atoms with Crippen LogP contribution in [0.15, 0.2) is 26.0 Å². The third-order valence-corrected chi connectivity index (χ3v) is 4.79. The molecule has 0 fully saturated rings. The minimum atomic E-state index is 0.141. The molecule has 17 heavy (non-hydrogen) atoms. The number of ketones is 1.